The van der Waals surface area contributed by atoms with Gasteiger partial charge < -0.3 is 10.2 Å². The van der Waals surface area contributed by atoms with Crippen LogP contribution < -0.4 is 4.72 Å². The van der Waals surface area contributed by atoms with Gasteiger partial charge in [-0.3, -0.25) is 4.79 Å². The molecule has 3 N–H and O–H groups in total. The second kappa shape index (κ2) is 6.66. The van der Waals surface area contributed by atoms with Crippen LogP contribution in [0.15, 0.2) is 16.3 Å². The molecule has 20 heavy (non-hydrogen) atoms. The summed E-state index contributed by atoms with van der Waals surface area (Å²) in [5, 5.41) is 18.7. The van der Waals surface area contributed by atoms with E-state index in [2.05, 4.69) is 4.72 Å². The van der Waals surface area contributed by atoms with Crippen LogP contribution in [0, 0.1) is 0 Å². The molecule has 114 valence electrons. The number of thiophene rings is 1. The summed E-state index contributed by atoms with van der Waals surface area (Å²) in [6.45, 7) is 3.51. The standard InChI is InChI=1S/C12H19NO5S2/c1-3-12(16,4-2)8-13-20(17,18)11-6-5-9(19-11)7-10(14)15/h5-6,13,16H,3-4,7-8H2,1-2H3,(H,14,15). The minimum atomic E-state index is -3.71. The molecule has 1 heterocycles. The first kappa shape index (κ1) is 17.1. The predicted molar refractivity (Wildman–Crippen MR) is 76.4 cm³/mol. The number of aliphatic carboxylic acids is 1. The van der Waals surface area contributed by atoms with Gasteiger partial charge in [0, 0.05) is 11.4 Å². The van der Waals surface area contributed by atoms with Crippen molar-refractivity contribution in [3.8, 4) is 0 Å². The van der Waals surface area contributed by atoms with Gasteiger partial charge in [-0.1, -0.05) is 13.8 Å². The molecule has 1 aromatic heterocycles. The first-order chi connectivity index (χ1) is 9.22. The third kappa shape index (κ3) is 4.55. The number of sulfonamides is 1. The Hall–Kier alpha value is -0.960. The molecular formula is C12H19NO5S2. The topological polar surface area (TPSA) is 104 Å². The Morgan fingerprint density at radius 1 is 1.35 bits per heavy atom. The molecule has 0 bridgehead atoms. The highest BCUT2D eigenvalue weighted by molar-refractivity contribution is 7.91. The predicted octanol–water partition coefficient (Wildman–Crippen LogP) is 1.20. The largest absolute Gasteiger partial charge is 0.481 e. The van der Waals surface area contributed by atoms with Gasteiger partial charge in [0.05, 0.1) is 12.0 Å². The maximum atomic E-state index is 12.1. The highest BCUT2D eigenvalue weighted by atomic mass is 32.2. The van der Waals surface area contributed by atoms with E-state index in [9.17, 15) is 18.3 Å². The van der Waals surface area contributed by atoms with Gasteiger partial charge in [0.2, 0.25) is 10.0 Å². The van der Waals surface area contributed by atoms with E-state index in [1.807, 2.05) is 0 Å². The first-order valence-electron chi connectivity index (χ1n) is 6.25. The van der Waals surface area contributed by atoms with Crippen molar-refractivity contribution in [1.29, 1.82) is 0 Å². The molecule has 0 aromatic carbocycles. The summed E-state index contributed by atoms with van der Waals surface area (Å²) < 4.78 is 26.5. The molecule has 0 saturated carbocycles. The first-order valence-corrected chi connectivity index (χ1v) is 8.55. The van der Waals surface area contributed by atoms with Gasteiger partial charge in [-0.15, -0.1) is 11.3 Å². The van der Waals surface area contributed by atoms with Crippen molar-refractivity contribution in [3.05, 3.63) is 17.0 Å². The van der Waals surface area contributed by atoms with Crippen LogP contribution in [-0.4, -0.2) is 36.7 Å². The molecule has 0 unspecified atom stereocenters. The van der Waals surface area contributed by atoms with E-state index in [-0.39, 0.29) is 17.2 Å². The lowest BCUT2D eigenvalue weighted by molar-refractivity contribution is -0.136. The van der Waals surface area contributed by atoms with Crippen molar-refractivity contribution >= 4 is 27.3 Å². The minimum Gasteiger partial charge on any atom is -0.481 e. The molecule has 0 radical (unpaired) electrons. The Bertz CT molecular complexity index is 560. The summed E-state index contributed by atoms with van der Waals surface area (Å²) in [5.41, 5.74) is -1.06. The van der Waals surface area contributed by atoms with Crippen molar-refractivity contribution in [1.82, 2.24) is 4.72 Å². The monoisotopic (exact) mass is 321 g/mol. The molecule has 0 amide bonds. The molecule has 0 aliphatic heterocycles. The van der Waals surface area contributed by atoms with E-state index in [1.54, 1.807) is 13.8 Å². The van der Waals surface area contributed by atoms with E-state index in [4.69, 9.17) is 5.11 Å². The second-order valence-electron chi connectivity index (χ2n) is 4.55. The number of aliphatic hydroxyl groups is 1. The van der Waals surface area contributed by atoms with E-state index in [0.717, 1.165) is 11.3 Å². The van der Waals surface area contributed by atoms with E-state index >= 15 is 0 Å². The maximum absolute atomic E-state index is 12.1. The molecule has 1 rings (SSSR count). The Morgan fingerprint density at radius 2 is 1.95 bits per heavy atom. The lowest BCUT2D eigenvalue weighted by Gasteiger charge is -2.25. The van der Waals surface area contributed by atoms with Crippen molar-refractivity contribution in [3.63, 3.8) is 0 Å². The number of hydrogen-bond acceptors (Lipinski definition) is 5. The van der Waals surface area contributed by atoms with Gasteiger partial charge in [0.15, 0.2) is 0 Å². The molecule has 0 aliphatic carbocycles. The third-order valence-corrected chi connectivity index (χ3v) is 6.11. The summed E-state index contributed by atoms with van der Waals surface area (Å²) in [6.07, 6.45) is 0.690. The van der Waals surface area contributed by atoms with Crippen LogP contribution in [0.2, 0.25) is 0 Å². The minimum absolute atomic E-state index is 0.0586. The third-order valence-electron chi connectivity index (χ3n) is 3.13. The second-order valence-corrected chi connectivity index (χ2v) is 7.71. The Kier molecular flexibility index (Phi) is 5.69. The van der Waals surface area contributed by atoms with Gasteiger partial charge in [-0.25, -0.2) is 13.1 Å². The number of carboxylic acid groups (broad SMARTS) is 1. The molecule has 1 aromatic rings. The summed E-state index contributed by atoms with van der Waals surface area (Å²) in [7, 11) is -3.71. The average Bonchev–Trinajstić information content (AvgIpc) is 2.84. The normalized spacial score (nSPS) is 12.6. The smallest absolute Gasteiger partial charge is 0.308 e. The van der Waals surface area contributed by atoms with Crippen LogP contribution >= 0.6 is 11.3 Å². The number of nitrogens with one attached hydrogen (secondary N) is 1. The lowest BCUT2D eigenvalue weighted by atomic mass is 9.98. The molecule has 8 heteroatoms. The fraction of sp³-hybridized carbons (Fsp3) is 0.583. The molecule has 0 aliphatic rings. The van der Waals surface area contributed by atoms with E-state index in [1.165, 1.54) is 12.1 Å². The van der Waals surface area contributed by atoms with Gasteiger partial charge >= 0.3 is 5.97 Å². The van der Waals surface area contributed by atoms with Crippen LogP contribution in [0.5, 0.6) is 0 Å². The summed E-state index contributed by atoms with van der Waals surface area (Å²) in [5.74, 6) is -1.00. The van der Waals surface area contributed by atoms with Crippen LogP contribution in [0.25, 0.3) is 0 Å². The molecule has 0 fully saturated rings. The summed E-state index contributed by atoms with van der Waals surface area (Å²) in [4.78, 5) is 11.0. The van der Waals surface area contributed by atoms with Crippen LogP contribution in [0.1, 0.15) is 31.6 Å². The number of carboxylic acids is 1. The maximum Gasteiger partial charge on any atom is 0.308 e. The Balaban J connectivity index is 2.79. The lowest BCUT2D eigenvalue weighted by Crippen LogP contribution is -2.41. The van der Waals surface area contributed by atoms with E-state index in [0.29, 0.717) is 17.7 Å². The quantitative estimate of drug-likeness (QED) is 0.667. The SMILES string of the molecule is CCC(O)(CC)CNS(=O)(=O)c1ccc(CC(=O)O)s1. The molecule has 6 nitrogen and oxygen atoms in total. The van der Waals surface area contributed by atoms with Crippen molar-refractivity contribution in [2.45, 2.75) is 42.9 Å². The van der Waals surface area contributed by atoms with Gasteiger partial charge in [0.1, 0.15) is 4.21 Å². The zero-order valence-electron chi connectivity index (χ0n) is 11.4. The fourth-order valence-electron chi connectivity index (χ4n) is 1.55. The molecular weight excluding hydrogens is 302 g/mol. The van der Waals surface area contributed by atoms with Crippen molar-refractivity contribution < 1.29 is 23.4 Å². The molecule has 0 spiro atoms. The summed E-state index contributed by atoms with van der Waals surface area (Å²) >= 11 is 0.921. The number of hydrogen-bond donors (Lipinski definition) is 3. The Morgan fingerprint density at radius 3 is 2.45 bits per heavy atom. The van der Waals surface area contributed by atoms with E-state index < -0.39 is 21.6 Å². The summed E-state index contributed by atoms with van der Waals surface area (Å²) in [6, 6.07) is 2.86. The van der Waals surface area contributed by atoms with Crippen LogP contribution in [0.4, 0.5) is 0 Å². The van der Waals surface area contributed by atoms with Gasteiger partial charge in [-0.05, 0) is 25.0 Å². The fourth-order valence-corrected chi connectivity index (χ4v) is 4.06. The van der Waals surface area contributed by atoms with Crippen LogP contribution in [0.3, 0.4) is 0 Å². The number of carbonyl (C=O) groups is 1. The Labute approximate surface area is 122 Å². The van der Waals surface area contributed by atoms with Gasteiger partial charge in [-0.2, -0.15) is 0 Å². The average molecular weight is 321 g/mol. The highest BCUT2D eigenvalue weighted by Crippen LogP contribution is 2.23. The highest BCUT2D eigenvalue weighted by Gasteiger charge is 2.26. The van der Waals surface area contributed by atoms with Crippen molar-refractivity contribution in [2.75, 3.05) is 6.54 Å². The van der Waals surface area contributed by atoms with Gasteiger partial charge in [0.25, 0.3) is 0 Å². The van der Waals surface area contributed by atoms with Crippen LogP contribution in [-0.2, 0) is 21.2 Å². The number of rotatable bonds is 8. The van der Waals surface area contributed by atoms with Crippen molar-refractivity contribution in [2.24, 2.45) is 0 Å². The molecule has 0 atom stereocenters. The zero-order valence-corrected chi connectivity index (χ0v) is 13.1. The molecule has 0 saturated heterocycles. The zero-order chi connectivity index (χ0) is 15.4.